The van der Waals surface area contributed by atoms with Gasteiger partial charge in [-0.2, -0.15) is 0 Å². The number of carbonyl (C=O) groups excluding carboxylic acids is 3. The van der Waals surface area contributed by atoms with E-state index in [-0.39, 0.29) is 36.2 Å². The predicted molar refractivity (Wildman–Crippen MR) is 135 cm³/mol. The molecule has 6 rings (SSSR count). The van der Waals surface area contributed by atoms with Crippen LogP contribution in [-0.4, -0.2) is 71.8 Å². The molecule has 4 fully saturated rings. The molecular weight excluding hydrogens is 491 g/mol. The van der Waals surface area contributed by atoms with Crippen molar-refractivity contribution in [1.29, 1.82) is 0 Å². The molecule has 2 heterocycles. The summed E-state index contributed by atoms with van der Waals surface area (Å²) in [6.45, 7) is 3.56. The molecule has 4 atom stereocenters. The highest BCUT2D eigenvalue weighted by Crippen LogP contribution is 2.53. The Morgan fingerprint density at radius 1 is 1.24 bits per heavy atom. The van der Waals surface area contributed by atoms with Gasteiger partial charge in [0.1, 0.15) is 12.4 Å². The van der Waals surface area contributed by atoms with Crippen LogP contribution in [0.4, 0.5) is 9.18 Å². The van der Waals surface area contributed by atoms with Gasteiger partial charge in [-0.25, -0.2) is 14.2 Å². The van der Waals surface area contributed by atoms with Crippen LogP contribution in [0.2, 0.25) is 0 Å². The van der Waals surface area contributed by atoms with Crippen molar-refractivity contribution in [3.05, 3.63) is 59.2 Å². The van der Waals surface area contributed by atoms with Gasteiger partial charge in [-0.1, -0.05) is 30.3 Å². The molecule has 10 heteroatoms. The van der Waals surface area contributed by atoms with Crippen LogP contribution in [-0.2, 0) is 25.7 Å². The number of benzene rings is 1. The number of rotatable bonds is 8. The highest BCUT2D eigenvalue weighted by molar-refractivity contribution is 5.87. The van der Waals surface area contributed by atoms with Gasteiger partial charge in [-0.3, -0.25) is 14.5 Å². The Morgan fingerprint density at radius 2 is 2.00 bits per heavy atom. The van der Waals surface area contributed by atoms with Gasteiger partial charge >= 0.3 is 6.09 Å². The summed E-state index contributed by atoms with van der Waals surface area (Å²) in [4.78, 5) is 43.5. The van der Waals surface area contributed by atoms with Crippen molar-refractivity contribution in [3.8, 4) is 0 Å². The Bertz CT molecular complexity index is 1230. The van der Waals surface area contributed by atoms with Gasteiger partial charge in [0.05, 0.1) is 24.9 Å². The fourth-order valence-corrected chi connectivity index (χ4v) is 6.05. The third-order valence-corrected chi connectivity index (χ3v) is 8.24. The number of halogens is 1. The molecule has 0 radical (unpaired) electrons. The first-order valence-corrected chi connectivity index (χ1v) is 13.1. The number of allylic oxidation sites excluding steroid dienone is 4. The molecule has 3 unspecified atom stereocenters. The number of piperidine rings is 1. The molecule has 38 heavy (non-hydrogen) atoms. The number of amides is 3. The molecule has 2 saturated heterocycles. The van der Waals surface area contributed by atoms with Crippen molar-refractivity contribution in [2.24, 2.45) is 22.7 Å². The second-order valence-corrected chi connectivity index (χ2v) is 10.9. The molecule has 2 aliphatic heterocycles. The van der Waals surface area contributed by atoms with E-state index in [9.17, 15) is 14.4 Å². The van der Waals surface area contributed by atoms with E-state index >= 15 is 4.39 Å². The number of hydrogen-bond acceptors (Lipinski definition) is 6. The topological polar surface area (TPSA) is 101 Å². The lowest BCUT2D eigenvalue weighted by atomic mass is 10.0. The van der Waals surface area contributed by atoms with E-state index in [0.29, 0.717) is 55.6 Å². The van der Waals surface area contributed by atoms with Crippen LogP contribution < -0.4 is 5.32 Å². The third kappa shape index (κ3) is 4.84. The zero-order valence-electron chi connectivity index (χ0n) is 21.3. The molecule has 0 bridgehead atoms. The molecule has 0 aromatic heterocycles. The Balaban J connectivity index is 0.981. The minimum atomic E-state index is -0.688. The lowest BCUT2D eigenvalue weighted by Gasteiger charge is -2.29. The summed E-state index contributed by atoms with van der Waals surface area (Å²) in [6.07, 6.45) is 4.35. The van der Waals surface area contributed by atoms with Gasteiger partial charge in [0.15, 0.2) is 5.60 Å². The number of hydrogen-bond donors (Lipinski definition) is 1. The summed E-state index contributed by atoms with van der Waals surface area (Å²) in [5.41, 5.74) is 1.61. The molecule has 1 N–H and O–H groups in total. The zero-order valence-corrected chi connectivity index (χ0v) is 21.3. The first-order valence-electron chi connectivity index (χ1n) is 13.1. The van der Waals surface area contributed by atoms with Crippen molar-refractivity contribution in [2.75, 3.05) is 26.2 Å². The number of fused-ring (bicyclic) bond motifs is 1. The first kappa shape index (κ1) is 24.8. The van der Waals surface area contributed by atoms with Crippen molar-refractivity contribution < 1.29 is 28.2 Å². The maximum atomic E-state index is 15.2. The summed E-state index contributed by atoms with van der Waals surface area (Å²) in [5, 5.41) is 2.80. The third-order valence-electron chi connectivity index (χ3n) is 8.24. The Labute approximate surface area is 220 Å². The number of aliphatic imine (C=N–C) groups is 1. The van der Waals surface area contributed by atoms with Gasteiger partial charge < -0.3 is 19.7 Å². The molecule has 3 aliphatic carbocycles. The number of nitrogens with one attached hydrogen (secondary N) is 1. The van der Waals surface area contributed by atoms with Crippen molar-refractivity contribution in [1.82, 2.24) is 15.1 Å². The quantitative estimate of drug-likeness (QED) is 0.527. The van der Waals surface area contributed by atoms with Gasteiger partial charge in [0.25, 0.3) is 5.91 Å². The Hall–Kier alpha value is -3.53. The molecule has 3 amide bonds. The average molecular weight is 523 g/mol. The molecule has 1 aromatic rings. The predicted octanol–water partition coefficient (Wildman–Crippen LogP) is 2.94. The monoisotopic (exact) mass is 522 g/mol. The first-order chi connectivity index (χ1) is 18.3. The summed E-state index contributed by atoms with van der Waals surface area (Å²) in [5.74, 6) is 0.222. The van der Waals surface area contributed by atoms with E-state index < -0.39 is 11.7 Å². The van der Waals surface area contributed by atoms with Crippen molar-refractivity contribution in [2.45, 2.75) is 44.4 Å². The highest BCUT2D eigenvalue weighted by Gasteiger charge is 2.64. The van der Waals surface area contributed by atoms with Gasteiger partial charge in [0.2, 0.25) is 5.91 Å². The second-order valence-electron chi connectivity index (χ2n) is 10.9. The summed E-state index contributed by atoms with van der Waals surface area (Å²) >= 11 is 0. The minimum absolute atomic E-state index is 0.0497. The van der Waals surface area contributed by atoms with Gasteiger partial charge in [0, 0.05) is 44.3 Å². The molecule has 2 saturated carbocycles. The van der Waals surface area contributed by atoms with E-state index in [0.717, 1.165) is 18.7 Å². The summed E-state index contributed by atoms with van der Waals surface area (Å²) in [6, 6.07) is 9.49. The fourth-order valence-electron chi connectivity index (χ4n) is 6.05. The standard InChI is InChI=1S/C28H31FN4O5/c1-17(34)31-25-10-28(25)16-33(27(36)38-28)19-7-8-24(23(29)9-19)32-12-21-20(22(21)13-32)11-30-26(35)15-37-14-18-5-3-2-4-6-18/h2-6,9,11,20-22,25H,7-8,10,12-16H2,1H3,(H,31,34)/t20?,21?,22?,25-,28?/m0/s1. The molecule has 5 aliphatic rings. The van der Waals surface area contributed by atoms with Crippen LogP contribution in [0.3, 0.4) is 0 Å². The molecule has 1 aromatic carbocycles. The Kier molecular flexibility index (Phi) is 6.29. The van der Waals surface area contributed by atoms with Gasteiger partial charge in [-0.05, 0) is 36.3 Å². The van der Waals surface area contributed by atoms with E-state index in [1.54, 1.807) is 6.21 Å². The highest BCUT2D eigenvalue weighted by atomic mass is 19.1. The smallest absolute Gasteiger partial charge is 0.414 e. The number of ether oxygens (including phenoxy) is 2. The average Bonchev–Trinajstić information content (AvgIpc) is 3.59. The van der Waals surface area contributed by atoms with E-state index in [1.165, 1.54) is 17.9 Å². The van der Waals surface area contributed by atoms with Crippen LogP contribution in [0.5, 0.6) is 0 Å². The van der Waals surface area contributed by atoms with Crippen LogP contribution in [0.25, 0.3) is 0 Å². The fraction of sp³-hybridized carbons (Fsp3) is 0.500. The van der Waals surface area contributed by atoms with Crippen LogP contribution >= 0.6 is 0 Å². The van der Waals surface area contributed by atoms with E-state index in [4.69, 9.17) is 9.47 Å². The molecule has 200 valence electrons. The van der Waals surface area contributed by atoms with Crippen molar-refractivity contribution in [3.63, 3.8) is 0 Å². The maximum Gasteiger partial charge on any atom is 0.414 e. The zero-order chi connectivity index (χ0) is 26.4. The number of nitrogens with zero attached hydrogens (tertiary/aromatic N) is 3. The lowest BCUT2D eigenvalue weighted by molar-refractivity contribution is -0.122. The largest absolute Gasteiger partial charge is 0.438 e. The maximum absolute atomic E-state index is 15.2. The summed E-state index contributed by atoms with van der Waals surface area (Å²) in [7, 11) is 0. The molecular formula is C28H31FN4O5. The second kappa shape index (κ2) is 9.65. The molecule has 1 spiro atoms. The van der Waals surface area contributed by atoms with Crippen LogP contribution in [0.15, 0.2) is 58.6 Å². The van der Waals surface area contributed by atoms with Crippen LogP contribution in [0.1, 0.15) is 31.7 Å². The van der Waals surface area contributed by atoms with E-state index in [2.05, 4.69) is 15.2 Å². The molecule has 9 nitrogen and oxygen atoms in total. The van der Waals surface area contributed by atoms with E-state index in [1.807, 2.05) is 30.3 Å². The SMILES string of the molecule is CC(=O)N[C@H]1CC12CN(C1=CC(F)=C(N3CC4C(C=NC(=O)COCc5ccccc5)C4C3)CC1)C(=O)O2. The Morgan fingerprint density at radius 3 is 2.71 bits per heavy atom. The lowest BCUT2D eigenvalue weighted by Crippen LogP contribution is -2.33. The van der Waals surface area contributed by atoms with Gasteiger partial charge in [-0.15, -0.1) is 0 Å². The normalized spacial score (nSPS) is 31.5. The van der Waals surface area contributed by atoms with Crippen LogP contribution in [0, 0.1) is 17.8 Å². The van der Waals surface area contributed by atoms with Crippen molar-refractivity contribution >= 4 is 24.1 Å². The minimum Gasteiger partial charge on any atom is -0.438 e. The number of carbonyl (C=O) groups is 3. The summed E-state index contributed by atoms with van der Waals surface area (Å²) < 4.78 is 26.2. The number of likely N-dealkylation sites (tertiary alicyclic amines) is 1.